The normalized spacial score (nSPS) is 12.3. The van der Waals surface area contributed by atoms with E-state index in [4.69, 9.17) is 9.97 Å². The number of hydrogen-bond acceptors (Lipinski definition) is 2. The second kappa shape index (κ2) is 4.86. The maximum atomic E-state index is 5.10. The second-order valence-electron chi connectivity index (χ2n) is 7.34. The van der Waals surface area contributed by atoms with Crippen LogP contribution in [0.25, 0.3) is 44.4 Å². The molecule has 0 amide bonds. The van der Waals surface area contributed by atoms with Crippen molar-refractivity contribution in [3.63, 3.8) is 0 Å². The van der Waals surface area contributed by atoms with Gasteiger partial charge in [-0.05, 0) is 67.8 Å². The molecule has 0 atom stereocenters. The van der Waals surface area contributed by atoms with Crippen molar-refractivity contribution in [2.45, 2.75) is 20.8 Å². The van der Waals surface area contributed by atoms with Crippen LogP contribution in [0.2, 0.25) is 0 Å². The van der Waals surface area contributed by atoms with Crippen molar-refractivity contribution in [2.24, 2.45) is 0 Å². The zero-order valence-corrected chi connectivity index (χ0v) is 15.5. The standard InChI is InChI=1S/C23H18N4/c1-13-12-20-21(15(3)14(13)2)25-23-26(20)18-10-6-4-8-16(18)22-24-17-9-5-7-11-19(17)27(22)23/h4-12H,1-3H3. The third-order valence-electron chi connectivity index (χ3n) is 5.90. The molecule has 0 spiro atoms. The van der Waals surface area contributed by atoms with Crippen LogP contribution < -0.4 is 0 Å². The molecule has 3 aromatic heterocycles. The minimum Gasteiger partial charge on any atom is -0.277 e. The first-order valence-electron chi connectivity index (χ1n) is 9.22. The molecule has 0 radical (unpaired) electrons. The van der Waals surface area contributed by atoms with Crippen LogP contribution in [-0.2, 0) is 0 Å². The molecule has 0 saturated carbocycles. The van der Waals surface area contributed by atoms with E-state index in [0.717, 1.165) is 44.4 Å². The van der Waals surface area contributed by atoms with Crippen molar-refractivity contribution in [3.8, 4) is 0 Å². The molecule has 0 aliphatic carbocycles. The summed E-state index contributed by atoms with van der Waals surface area (Å²) in [5.74, 6) is 0.917. The summed E-state index contributed by atoms with van der Waals surface area (Å²) in [5.41, 5.74) is 10.2. The van der Waals surface area contributed by atoms with Crippen LogP contribution in [0, 0.1) is 20.8 Å². The Morgan fingerprint density at radius 2 is 1.44 bits per heavy atom. The number of hydrogen-bond donors (Lipinski definition) is 0. The Kier molecular flexibility index (Phi) is 2.65. The molecular formula is C23H18N4. The maximum absolute atomic E-state index is 5.10. The van der Waals surface area contributed by atoms with Crippen molar-refractivity contribution in [1.29, 1.82) is 0 Å². The van der Waals surface area contributed by atoms with Gasteiger partial charge in [0.25, 0.3) is 0 Å². The lowest BCUT2D eigenvalue weighted by Crippen LogP contribution is -1.98. The summed E-state index contributed by atoms with van der Waals surface area (Å²) in [4.78, 5) is 10.0. The van der Waals surface area contributed by atoms with E-state index in [-0.39, 0.29) is 0 Å². The van der Waals surface area contributed by atoms with E-state index in [1.807, 2.05) is 6.07 Å². The Bertz CT molecular complexity index is 1550. The Morgan fingerprint density at radius 1 is 0.704 bits per heavy atom. The molecule has 6 aromatic rings. The summed E-state index contributed by atoms with van der Waals surface area (Å²) in [7, 11) is 0. The first kappa shape index (κ1) is 14.7. The molecule has 4 nitrogen and oxygen atoms in total. The van der Waals surface area contributed by atoms with Crippen molar-refractivity contribution < 1.29 is 0 Å². The largest absolute Gasteiger partial charge is 0.277 e. The highest BCUT2D eigenvalue weighted by Gasteiger charge is 2.18. The number of aryl methyl sites for hydroxylation is 2. The first-order chi connectivity index (χ1) is 13.1. The molecule has 0 fully saturated rings. The van der Waals surface area contributed by atoms with Crippen LogP contribution in [0.3, 0.4) is 0 Å². The van der Waals surface area contributed by atoms with E-state index in [2.05, 4.69) is 78.1 Å². The van der Waals surface area contributed by atoms with Gasteiger partial charge in [-0.25, -0.2) is 9.97 Å². The van der Waals surface area contributed by atoms with Crippen molar-refractivity contribution >= 4 is 44.4 Å². The third kappa shape index (κ3) is 1.72. The van der Waals surface area contributed by atoms with Crippen LogP contribution in [0.4, 0.5) is 0 Å². The van der Waals surface area contributed by atoms with Crippen LogP contribution >= 0.6 is 0 Å². The number of aromatic nitrogens is 4. The predicted octanol–water partition coefficient (Wildman–Crippen LogP) is 5.37. The van der Waals surface area contributed by atoms with Crippen molar-refractivity contribution in [2.75, 3.05) is 0 Å². The van der Waals surface area contributed by atoms with Gasteiger partial charge in [-0.1, -0.05) is 24.3 Å². The number of fused-ring (bicyclic) bond motifs is 10. The average Bonchev–Trinajstić information content (AvgIpc) is 3.25. The van der Waals surface area contributed by atoms with Gasteiger partial charge >= 0.3 is 0 Å². The molecule has 0 aliphatic rings. The summed E-state index contributed by atoms with van der Waals surface area (Å²) >= 11 is 0. The monoisotopic (exact) mass is 350 g/mol. The highest BCUT2D eigenvalue weighted by Crippen LogP contribution is 2.32. The molecule has 0 aliphatic heterocycles. The average molecular weight is 350 g/mol. The topological polar surface area (TPSA) is 34.6 Å². The SMILES string of the molecule is Cc1cc2c(nc3n2c2ccccc2c2nc4ccccc4n23)c(C)c1C. The van der Waals surface area contributed by atoms with Crippen molar-refractivity contribution in [1.82, 2.24) is 18.8 Å². The number of nitrogens with zero attached hydrogens (tertiary/aromatic N) is 4. The highest BCUT2D eigenvalue weighted by molar-refractivity contribution is 6.01. The summed E-state index contributed by atoms with van der Waals surface area (Å²) in [6, 6.07) is 19.0. The summed E-state index contributed by atoms with van der Waals surface area (Å²) in [5, 5.41) is 1.14. The fourth-order valence-corrected chi connectivity index (χ4v) is 4.27. The lowest BCUT2D eigenvalue weighted by Gasteiger charge is -2.08. The van der Waals surface area contributed by atoms with Gasteiger partial charge in [0.1, 0.15) is 5.65 Å². The van der Waals surface area contributed by atoms with Crippen LogP contribution in [0.1, 0.15) is 16.7 Å². The Hall–Kier alpha value is -3.40. The Labute approximate surface area is 155 Å². The van der Waals surface area contributed by atoms with Gasteiger partial charge in [0.2, 0.25) is 5.78 Å². The maximum Gasteiger partial charge on any atom is 0.221 e. The van der Waals surface area contributed by atoms with Gasteiger partial charge in [-0.15, -0.1) is 0 Å². The lowest BCUT2D eigenvalue weighted by atomic mass is 10.0. The van der Waals surface area contributed by atoms with Gasteiger partial charge in [0.05, 0.1) is 27.6 Å². The lowest BCUT2D eigenvalue weighted by molar-refractivity contribution is 1.14. The van der Waals surface area contributed by atoms with E-state index in [1.165, 1.54) is 16.7 Å². The first-order valence-corrected chi connectivity index (χ1v) is 9.22. The van der Waals surface area contributed by atoms with E-state index in [1.54, 1.807) is 0 Å². The van der Waals surface area contributed by atoms with Gasteiger partial charge in [0.15, 0.2) is 0 Å². The Balaban J connectivity index is 2.04. The number of rotatable bonds is 0. The number of benzene rings is 3. The molecule has 3 aromatic carbocycles. The molecule has 6 rings (SSSR count). The number of para-hydroxylation sites is 3. The van der Waals surface area contributed by atoms with E-state index >= 15 is 0 Å². The van der Waals surface area contributed by atoms with Crippen LogP contribution in [0.5, 0.6) is 0 Å². The molecule has 0 bridgehead atoms. The summed E-state index contributed by atoms with van der Waals surface area (Å²) in [6.07, 6.45) is 0. The molecular weight excluding hydrogens is 332 g/mol. The van der Waals surface area contributed by atoms with Gasteiger partial charge in [-0.3, -0.25) is 8.80 Å². The van der Waals surface area contributed by atoms with E-state index in [9.17, 15) is 0 Å². The molecule has 4 heteroatoms. The minimum atomic E-state index is 0.917. The molecule has 0 N–H and O–H groups in total. The van der Waals surface area contributed by atoms with Gasteiger partial charge < -0.3 is 0 Å². The third-order valence-corrected chi connectivity index (χ3v) is 5.90. The second-order valence-corrected chi connectivity index (χ2v) is 7.34. The van der Waals surface area contributed by atoms with Gasteiger partial charge in [-0.2, -0.15) is 0 Å². The van der Waals surface area contributed by atoms with E-state index < -0.39 is 0 Å². The van der Waals surface area contributed by atoms with Gasteiger partial charge in [0, 0.05) is 5.39 Å². The minimum absolute atomic E-state index is 0.917. The molecule has 0 saturated heterocycles. The number of imidazole rings is 2. The fourth-order valence-electron chi connectivity index (χ4n) is 4.27. The smallest absolute Gasteiger partial charge is 0.221 e. The summed E-state index contributed by atoms with van der Waals surface area (Å²) < 4.78 is 4.48. The molecule has 27 heavy (non-hydrogen) atoms. The fraction of sp³-hybridized carbons (Fsp3) is 0.130. The molecule has 0 unspecified atom stereocenters. The zero-order valence-electron chi connectivity index (χ0n) is 15.5. The quantitative estimate of drug-likeness (QED) is 0.369. The summed E-state index contributed by atoms with van der Waals surface area (Å²) in [6.45, 7) is 6.52. The van der Waals surface area contributed by atoms with E-state index in [0.29, 0.717) is 0 Å². The highest BCUT2D eigenvalue weighted by atomic mass is 15.2. The predicted molar refractivity (Wildman–Crippen MR) is 111 cm³/mol. The molecule has 130 valence electrons. The zero-order chi connectivity index (χ0) is 18.3. The molecule has 3 heterocycles. The van der Waals surface area contributed by atoms with Crippen LogP contribution in [-0.4, -0.2) is 18.8 Å². The van der Waals surface area contributed by atoms with Crippen molar-refractivity contribution in [3.05, 3.63) is 71.3 Å². The van der Waals surface area contributed by atoms with Crippen LogP contribution in [0.15, 0.2) is 54.6 Å². The Morgan fingerprint density at radius 3 is 2.30 bits per heavy atom.